The number of benzene rings is 2. The topological polar surface area (TPSA) is 70.6 Å². The molecule has 32 heavy (non-hydrogen) atoms. The number of aryl methyl sites for hydroxylation is 1. The maximum atomic E-state index is 13.9. The van der Waals surface area contributed by atoms with Crippen LogP contribution >= 0.6 is 11.6 Å². The standard InChI is InChI=1S/C23H23ClFN5O2/c1-16-13-22(32-15-21(31)27-20-8-7-17(24)14-19(20)25)28-23(26-16)30-11-9-29(10-12-30)18-5-3-2-4-6-18/h2-8,13-14H,9-12,15H2,1H3,(H,27,31). The third-order valence-electron chi connectivity index (χ3n) is 5.06. The van der Waals surface area contributed by atoms with Crippen LogP contribution in [0.25, 0.3) is 0 Å². The molecule has 1 aliphatic rings. The first-order valence-corrected chi connectivity index (χ1v) is 10.6. The van der Waals surface area contributed by atoms with Gasteiger partial charge in [0.2, 0.25) is 11.8 Å². The van der Waals surface area contributed by atoms with Crippen LogP contribution in [0.3, 0.4) is 0 Å². The van der Waals surface area contributed by atoms with Gasteiger partial charge in [-0.05, 0) is 37.3 Å². The Kier molecular flexibility index (Phi) is 6.70. The minimum Gasteiger partial charge on any atom is -0.467 e. The van der Waals surface area contributed by atoms with Gasteiger partial charge in [-0.1, -0.05) is 29.8 Å². The van der Waals surface area contributed by atoms with Crippen molar-refractivity contribution >= 4 is 34.8 Å². The second kappa shape index (κ2) is 9.82. The first-order chi connectivity index (χ1) is 15.5. The zero-order valence-electron chi connectivity index (χ0n) is 17.6. The predicted molar refractivity (Wildman–Crippen MR) is 123 cm³/mol. The van der Waals surface area contributed by atoms with Crippen LogP contribution in [-0.4, -0.2) is 48.7 Å². The lowest BCUT2D eigenvalue weighted by atomic mass is 10.2. The predicted octanol–water partition coefficient (Wildman–Crippen LogP) is 3.92. The van der Waals surface area contributed by atoms with E-state index in [9.17, 15) is 9.18 Å². The van der Waals surface area contributed by atoms with Crippen molar-refractivity contribution < 1.29 is 13.9 Å². The van der Waals surface area contributed by atoms with Crippen LogP contribution in [0.4, 0.5) is 21.7 Å². The summed E-state index contributed by atoms with van der Waals surface area (Å²) in [6.07, 6.45) is 0. The molecule has 0 radical (unpaired) electrons. The van der Waals surface area contributed by atoms with Gasteiger partial charge in [0, 0.05) is 48.6 Å². The number of rotatable bonds is 6. The number of amides is 1. The number of nitrogens with zero attached hydrogens (tertiary/aromatic N) is 4. The van der Waals surface area contributed by atoms with E-state index < -0.39 is 11.7 Å². The van der Waals surface area contributed by atoms with E-state index in [1.165, 1.54) is 17.8 Å². The van der Waals surface area contributed by atoms with Crippen molar-refractivity contribution in [3.05, 3.63) is 71.1 Å². The molecule has 1 aromatic heterocycles. The fourth-order valence-electron chi connectivity index (χ4n) is 3.46. The van der Waals surface area contributed by atoms with E-state index >= 15 is 0 Å². The average Bonchev–Trinajstić information content (AvgIpc) is 2.80. The molecule has 1 amide bonds. The van der Waals surface area contributed by atoms with Crippen LogP contribution in [-0.2, 0) is 4.79 Å². The van der Waals surface area contributed by atoms with Crippen LogP contribution in [0.15, 0.2) is 54.6 Å². The van der Waals surface area contributed by atoms with Gasteiger partial charge in [0.25, 0.3) is 5.91 Å². The maximum absolute atomic E-state index is 13.9. The molecule has 4 rings (SSSR count). The summed E-state index contributed by atoms with van der Waals surface area (Å²) in [7, 11) is 0. The van der Waals surface area contributed by atoms with Crippen molar-refractivity contribution in [3.8, 4) is 5.88 Å². The van der Waals surface area contributed by atoms with Gasteiger partial charge >= 0.3 is 0 Å². The third kappa shape index (κ3) is 5.45. The number of piperazine rings is 1. The Hall–Kier alpha value is -3.39. The number of anilines is 3. The highest BCUT2D eigenvalue weighted by atomic mass is 35.5. The summed E-state index contributed by atoms with van der Waals surface area (Å²) in [5.74, 6) is -0.247. The molecular weight excluding hydrogens is 433 g/mol. The number of hydrogen-bond donors (Lipinski definition) is 1. The first kappa shape index (κ1) is 21.8. The third-order valence-corrected chi connectivity index (χ3v) is 5.29. The Morgan fingerprint density at radius 2 is 1.78 bits per heavy atom. The van der Waals surface area contributed by atoms with Crippen molar-refractivity contribution in [2.24, 2.45) is 0 Å². The quantitative estimate of drug-likeness (QED) is 0.607. The molecule has 1 N–H and O–H groups in total. The van der Waals surface area contributed by atoms with Crippen molar-refractivity contribution in [3.63, 3.8) is 0 Å². The van der Waals surface area contributed by atoms with E-state index in [0.717, 1.165) is 37.9 Å². The van der Waals surface area contributed by atoms with Crippen molar-refractivity contribution in [2.75, 3.05) is 47.9 Å². The largest absolute Gasteiger partial charge is 0.467 e. The van der Waals surface area contributed by atoms with Crippen LogP contribution in [0.2, 0.25) is 5.02 Å². The number of nitrogens with one attached hydrogen (secondary N) is 1. The van der Waals surface area contributed by atoms with Gasteiger partial charge < -0.3 is 19.9 Å². The number of hydrogen-bond acceptors (Lipinski definition) is 6. The molecule has 0 unspecified atom stereocenters. The van der Waals surface area contributed by atoms with Gasteiger partial charge in [0.05, 0.1) is 5.69 Å². The fourth-order valence-corrected chi connectivity index (χ4v) is 3.62. The molecule has 0 aliphatic carbocycles. The highest BCUT2D eigenvalue weighted by molar-refractivity contribution is 6.30. The van der Waals surface area contributed by atoms with E-state index in [-0.39, 0.29) is 17.3 Å². The summed E-state index contributed by atoms with van der Waals surface area (Å²) in [5, 5.41) is 2.72. The van der Waals surface area contributed by atoms with Crippen molar-refractivity contribution in [2.45, 2.75) is 6.92 Å². The summed E-state index contributed by atoms with van der Waals surface area (Å²) >= 11 is 5.73. The number of para-hydroxylation sites is 1. The highest BCUT2D eigenvalue weighted by Crippen LogP contribution is 2.21. The summed E-state index contributed by atoms with van der Waals surface area (Å²) in [6.45, 7) is 4.79. The summed E-state index contributed by atoms with van der Waals surface area (Å²) in [6, 6.07) is 16.0. The van der Waals surface area contributed by atoms with Crippen LogP contribution < -0.4 is 19.9 Å². The molecule has 166 valence electrons. The van der Waals surface area contributed by atoms with Crippen LogP contribution in [0.1, 0.15) is 5.69 Å². The molecule has 0 bridgehead atoms. The lowest BCUT2D eigenvalue weighted by Crippen LogP contribution is -2.47. The summed E-state index contributed by atoms with van der Waals surface area (Å²) in [4.78, 5) is 25.6. The fraction of sp³-hybridized carbons (Fsp3) is 0.261. The van der Waals surface area contributed by atoms with Crippen molar-refractivity contribution in [1.82, 2.24) is 9.97 Å². The summed E-state index contributed by atoms with van der Waals surface area (Å²) < 4.78 is 19.4. The highest BCUT2D eigenvalue weighted by Gasteiger charge is 2.20. The van der Waals surface area contributed by atoms with Gasteiger partial charge in [-0.15, -0.1) is 0 Å². The second-order valence-corrected chi connectivity index (χ2v) is 7.85. The molecule has 0 spiro atoms. The Morgan fingerprint density at radius 1 is 1.06 bits per heavy atom. The minimum atomic E-state index is -0.610. The molecule has 2 aromatic carbocycles. The normalized spacial score (nSPS) is 13.7. The number of aromatic nitrogens is 2. The molecule has 0 saturated carbocycles. The monoisotopic (exact) mass is 455 g/mol. The molecule has 9 heteroatoms. The number of carbonyl (C=O) groups excluding carboxylic acids is 1. The van der Waals surface area contributed by atoms with Gasteiger partial charge in [-0.25, -0.2) is 9.37 Å². The molecule has 3 aromatic rings. The van der Waals surface area contributed by atoms with Gasteiger partial charge in [-0.2, -0.15) is 4.98 Å². The number of halogens is 2. The number of carbonyl (C=O) groups is 1. The molecular formula is C23H23ClFN5O2. The van der Waals surface area contributed by atoms with Crippen LogP contribution in [0, 0.1) is 12.7 Å². The lowest BCUT2D eigenvalue weighted by Gasteiger charge is -2.36. The maximum Gasteiger partial charge on any atom is 0.262 e. The molecule has 7 nitrogen and oxygen atoms in total. The van der Waals surface area contributed by atoms with Crippen molar-refractivity contribution in [1.29, 1.82) is 0 Å². The van der Waals surface area contributed by atoms with Crippen LogP contribution in [0.5, 0.6) is 5.88 Å². The molecule has 2 heterocycles. The first-order valence-electron chi connectivity index (χ1n) is 10.3. The Bertz CT molecular complexity index is 1090. The molecule has 1 aliphatic heterocycles. The Labute approximate surface area is 190 Å². The van der Waals surface area contributed by atoms with E-state index in [1.807, 2.05) is 25.1 Å². The second-order valence-electron chi connectivity index (χ2n) is 7.42. The van der Waals surface area contributed by atoms with Gasteiger partial charge in [0.1, 0.15) is 5.82 Å². The van der Waals surface area contributed by atoms with Gasteiger partial charge in [-0.3, -0.25) is 4.79 Å². The lowest BCUT2D eigenvalue weighted by molar-refractivity contribution is -0.118. The Balaban J connectivity index is 1.35. The molecule has 0 atom stereocenters. The SMILES string of the molecule is Cc1cc(OCC(=O)Nc2ccc(Cl)cc2F)nc(N2CCN(c3ccccc3)CC2)n1. The van der Waals surface area contributed by atoms with E-state index in [0.29, 0.717) is 11.8 Å². The average molecular weight is 456 g/mol. The van der Waals surface area contributed by atoms with Gasteiger partial charge in [0.15, 0.2) is 6.61 Å². The van der Waals surface area contributed by atoms with E-state index in [1.54, 1.807) is 6.07 Å². The number of ether oxygens (including phenoxy) is 1. The zero-order chi connectivity index (χ0) is 22.5. The van der Waals surface area contributed by atoms with E-state index in [4.69, 9.17) is 16.3 Å². The Morgan fingerprint density at radius 3 is 2.50 bits per heavy atom. The zero-order valence-corrected chi connectivity index (χ0v) is 18.3. The molecule has 1 saturated heterocycles. The minimum absolute atomic E-state index is 0.0406. The summed E-state index contributed by atoms with van der Waals surface area (Å²) in [5.41, 5.74) is 1.97. The molecule has 1 fully saturated rings. The smallest absolute Gasteiger partial charge is 0.262 e. The van der Waals surface area contributed by atoms with E-state index in [2.05, 4.69) is 37.2 Å².